The van der Waals surface area contributed by atoms with Gasteiger partial charge in [-0.25, -0.2) is 4.68 Å². The van der Waals surface area contributed by atoms with Crippen LogP contribution >= 0.6 is 11.6 Å². The lowest BCUT2D eigenvalue weighted by Crippen LogP contribution is -2.28. The van der Waals surface area contributed by atoms with Crippen LogP contribution in [0.3, 0.4) is 0 Å². The lowest BCUT2D eigenvalue weighted by atomic mass is 10.1. The molecule has 0 saturated carbocycles. The van der Waals surface area contributed by atoms with E-state index in [1.165, 1.54) is 11.8 Å². The summed E-state index contributed by atoms with van der Waals surface area (Å²) in [5.41, 5.74) is 4.51. The van der Waals surface area contributed by atoms with Crippen molar-refractivity contribution in [1.29, 1.82) is 0 Å². The highest BCUT2D eigenvalue weighted by Crippen LogP contribution is 2.29. The minimum Gasteiger partial charge on any atom is -0.322 e. The monoisotopic (exact) mass is 442 g/mol. The van der Waals surface area contributed by atoms with Gasteiger partial charge in [-0.05, 0) is 60.5 Å². The number of amides is 2. The number of fused-ring (bicyclic) bond motifs is 1. The summed E-state index contributed by atoms with van der Waals surface area (Å²) in [6.45, 7) is 0.674. The Labute approximate surface area is 190 Å². The van der Waals surface area contributed by atoms with Crippen molar-refractivity contribution in [2.45, 2.75) is 6.42 Å². The summed E-state index contributed by atoms with van der Waals surface area (Å²) in [5, 5.41) is 7.67. The maximum atomic E-state index is 12.9. The minimum atomic E-state index is -0.286. The van der Waals surface area contributed by atoms with Crippen molar-refractivity contribution in [3.05, 3.63) is 107 Å². The van der Waals surface area contributed by atoms with E-state index in [9.17, 15) is 9.59 Å². The highest BCUT2D eigenvalue weighted by Gasteiger charge is 2.25. The van der Waals surface area contributed by atoms with Gasteiger partial charge in [0.15, 0.2) is 0 Å². The van der Waals surface area contributed by atoms with E-state index in [0.717, 1.165) is 17.8 Å². The van der Waals surface area contributed by atoms with E-state index in [1.54, 1.807) is 52.2 Å². The SMILES string of the molecule is O=C(Nc1ccc(C(=O)N2CCc3ccccc32)cc1)c1cnn(-c2cccc(Cl)c2)c1. The van der Waals surface area contributed by atoms with Gasteiger partial charge in [0.2, 0.25) is 0 Å². The first-order valence-corrected chi connectivity index (χ1v) is 10.6. The van der Waals surface area contributed by atoms with Crippen molar-refractivity contribution in [3.8, 4) is 5.69 Å². The van der Waals surface area contributed by atoms with Gasteiger partial charge in [0.25, 0.3) is 11.8 Å². The predicted molar refractivity (Wildman–Crippen MR) is 125 cm³/mol. The van der Waals surface area contributed by atoms with Crippen molar-refractivity contribution in [2.75, 3.05) is 16.8 Å². The number of nitrogens with one attached hydrogen (secondary N) is 1. The topological polar surface area (TPSA) is 67.2 Å². The molecule has 4 aromatic rings. The molecule has 3 aromatic carbocycles. The molecule has 1 aliphatic rings. The second-order valence-electron chi connectivity index (χ2n) is 7.52. The third-order valence-corrected chi connectivity index (χ3v) is 5.67. The summed E-state index contributed by atoms with van der Waals surface area (Å²) in [7, 11) is 0. The summed E-state index contributed by atoms with van der Waals surface area (Å²) >= 11 is 6.03. The molecule has 1 N–H and O–H groups in total. The van der Waals surface area contributed by atoms with Crippen LogP contribution in [0.2, 0.25) is 5.02 Å². The summed E-state index contributed by atoms with van der Waals surface area (Å²) in [6.07, 6.45) is 4.00. The van der Waals surface area contributed by atoms with Crippen LogP contribution in [0.15, 0.2) is 85.2 Å². The highest BCUT2D eigenvalue weighted by molar-refractivity contribution is 6.30. The van der Waals surface area contributed by atoms with E-state index >= 15 is 0 Å². The van der Waals surface area contributed by atoms with Crippen LogP contribution in [0, 0.1) is 0 Å². The molecule has 0 radical (unpaired) electrons. The molecule has 5 rings (SSSR count). The Bertz CT molecular complexity index is 1310. The van der Waals surface area contributed by atoms with Gasteiger partial charge in [-0.15, -0.1) is 0 Å². The zero-order valence-electron chi connectivity index (χ0n) is 17.0. The Balaban J connectivity index is 1.27. The molecule has 1 aliphatic heterocycles. The zero-order chi connectivity index (χ0) is 22.1. The Morgan fingerprint density at radius 3 is 2.56 bits per heavy atom. The molecule has 2 heterocycles. The Morgan fingerprint density at radius 2 is 1.75 bits per heavy atom. The molecule has 0 bridgehead atoms. The molecule has 1 aromatic heterocycles. The van der Waals surface area contributed by atoms with Gasteiger partial charge in [0, 0.05) is 34.7 Å². The van der Waals surface area contributed by atoms with Gasteiger partial charge in [-0.1, -0.05) is 35.9 Å². The molecular formula is C25H19ClN4O2. The number of hydrogen-bond acceptors (Lipinski definition) is 3. The van der Waals surface area contributed by atoms with Gasteiger partial charge in [0.1, 0.15) is 0 Å². The molecule has 0 saturated heterocycles. The fourth-order valence-corrected chi connectivity index (χ4v) is 3.99. The van der Waals surface area contributed by atoms with Crippen LogP contribution in [-0.2, 0) is 6.42 Å². The van der Waals surface area contributed by atoms with E-state index in [0.29, 0.717) is 28.4 Å². The molecule has 0 spiro atoms. The number of carbonyl (C=O) groups is 2. The van der Waals surface area contributed by atoms with Crippen LogP contribution in [0.4, 0.5) is 11.4 Å². The lowest BCUT2D eigenvalue weighted by molar-refractivity contribution is 0.0988. The Morgan fingerprint density at radius 1 is 0.938 bits per heavy atom. The largest absolute Gasteiger partial charge is 0.322 e. The standard InChI is InChI=1S/C25H19ClN4O2/c26-20-5-3-6-22(14-20)30-16-19(15-27-30)24(31)28-21-10-8-18(9-11-21)25(32)29-13-12-17-4-1-2-7-23(17)29/h1-11,14-16H,12-13H2,(H,28,31). The predicted octanol–water partition coefficient (Wildman–Crippen LogP) is 4.98. The van der Waals surface area contributed by atoms with E-state index in [4.69, 9.17) is 11.6 Å². The summed E-state index contributed by atoms with van der Waals surface area (Å²) in [5.74, 6) is -0.332. The number of halogens is 1. The van der Waals surface area contributed by atoms with E-state index in [2.05, 4.69) is 16.5 Å². The number of benzene rings is 3. The van der Waals surface area contributed by atoms with E-state index in [-0.39, 0.29) is 11.8 Å². The van der Waals surface area contributed by atoms with Gasteiger partial charge < -0.3 is 10.2 Å². The molecule has 0 atom stereocenters. The summed E-state index contributed by atoms with van der Waals surface area (Å²) in [6, 6.07) is 22.1. The molecular weight excluding hydrogens is 424 g/mol. The number of hydrogen-bond donors (Lipinski definition) is 1. The fraction of sp³-hybridized carbons (Fsp3) is 0.0800. The van der Waals surface area contributed by atoms with E-state index in [1.807, 2.05) is 30.3 Å². The maximum Gasteiger partial charge on any atom is 0.258 e. The van der Waals surface area contributed by atoms with E-state index < -0.39 is 0 Å². The average Bonchev–Trinajstić information content (AvgIpc) is 3.47. The Hall–Kier alpha value is -3.90. The highest BCUT2D eigenvalue weighted by atomic mass is 35.5. The van der Waals surface area contributed by atoms with Crippen LogP contribution in [0.1, 0.15) is 26.3 Å². The van der Waals surface area contributed by atoms with Gasteiger partial charge in [-0.3, -0.25) is 9.59 Å². The summed E-state index contributed by atoms with van der Waals surface area (Å²) in [4.78, 5) is 27.4. The normalized spacial score (nSPS) is 12.5. The maximum absolute atomic E-state index is 12.9. The molecule has 7 heteroatoms. The first-order chi connectivity index (χ1) is 15.6. The first kappa shape index (κ1) is 20.0. The lowest BCUT2D eigenvalue weighted by Gasteiger charge is -2.17. The van der Waals surface area contributed by atoms with Gasteiger partial charge >= 0.3 is 0 Å². The minimum absolute atomic E-state index is 0.0457. The van der Waals surface area contributed by atoms with Crippen molar-refractivity contribution in [3.63, 3.8) is 0 Å². The van der Waals surface area contributed by atoms with Crippen LogP contribution < -0.4 is 10.2 Å². The third kappa shape index (κ3) is 3.88. The van der Waals surface area contributed by atoms with Crippen molar-refractivity contribution in [1.82, 2.24) is 9.78 Å². The zero-order valence-corrected chi connectivity index (χ0v) is 17.8. The molecule has 2 amide bonds. The Kier molecular flexibility index (Phi) is 5.21. The van der Waals surface area contributed by atoms with Crippen molar-refractivity contribution < 1.29 is 9.59 Å². The number of rotatable bonds is 4. The summed E-state index contributed by atoms with van der Waals surface area (Å²) < 4.78 is 1.59. The van der Waals surface area contributed by atoms with Crippen LogP contribution in [0.25, 0.3) is 5.69 Å². The molecule has 32 heavy (non-hydrogen) atoms. The van der Waals surface area contributed by atoms with Crippen molar-refractivity contribution >= 4 is 34.8 Å². The second-order valence-corrected chi connectivity index (χ2v) is 7.96. The number of nitrogens with zero attached hydrogens (tertiary/aromatic N) is 3. The van der Waals surface area contributed by atoms with Gasteiger partial charge in [0.05, 0.1) is 17.4 Å². The van der Waals surface area contributed by atoms with Crippen molar-refractivity contribution in [2.24, 2.45) is 0 Å². The average molecular weight is 443 g/mol. The number of aromatic nitrogens is 2. The molecule has 0 aliphatic carbocycles. The van der Waals surface area contributed by atoms with Crippen LogP contribution in [-0.4, -0.2) is 28.1 Å². The molecule has 6 nitrogen and oxygen atoms in total. The van der Waals surface area contributed by atoms with Gasteiger partial charge in [-0.2, -0.15) is 5.10 Å². The number of para-hydroxylation sites is 1. The first-order valence-electron chi connectivity index (χ1n) is 10.2. The quantitative estimate of drug-likeness (QED) is 0.484. The molecule has 0 unspecified atom stereocenters. The fourth-order valence-electron chi connectivity index (χ4n) is 3.80. The van der Waals surface area contributed by atoms with Crippen LogP contribution in [0.5, 0.6) is 0 Å². The molecule has 0 fully saturated rings. The number of anilines is 2. The number of carbonyl (C=O) groups excluding carboxylic acids is 2. The second kappa shape index (κ2) is 8.32. The smallest absolute Gasteiger partial charge is 0.258 e. The third-order valence-electron chi connectivity index (χ3n) is 5.44. The molecule has 158 valence electrons.